The van der Waals surface area contributed by atoms with Crippen LogP contribution < -0.4 is 5.73 Å². The molecular formula is C11H22N2O2S2. The summed E-state index contributed by atoms with van der Waals surface area (Å²) in [5, 5.41) is 0. The summed E-state index contributed by atoms with van der Waals surface area (Å²) >= 11 is 4.68. The Morgan fingerprint density at radius 3 is 2.71 bits per heavy atom. The normalized spacial score (nSPS) is 23.2. The Morgan fingerprint density at radius 2 is 2.12 bits per heavy atom. The third-order valence-corrected chi connectivity index (χ3v) is 5.38. The van der Waals surface area contributed by atoms with Crippen molar-refractivity contribution in [1.82, 2.24) is 4.31 Å². The zero-order valence-electron chi connectivity index (χ0n) is 10.4. The van der Waals surface area contributed by atoms with Gasteiger partial charge in [0.25, 0.3) is 0 Å². The van der Waals surface area contributed by atoms with Crippen molar-refractivity contribution >= 4 is 27.2 Å². The standard InChI is InChI=1S/C11H22N2O2S2/c1-2-4-10-5-3-7-13(8-6-10)17(14,15)9-11(12)16/h10H,2-9H2,1H3,(H2,12,16). The number of thiocarbonyl (C=S) groups is 1. The zero-order chi connectivity index (χ0) is 12.9. The monoisotopic (exact) mass is 278 g/mol. The zero-order valence-corrected chi connectivity index (χ0v) is 12.0. The molecule has 2 N–H and O–H groups in total. The minimum atomic E-state index is -3.28. The van der Waals surface area contributed by atoms with Crippen molar-refractivity contribution in [1.29, 1.82) is 0 Å². The lowest BCUT2D eigenvalue weighted by Crippen LogP contribution is -2.37. The average molecular weight is 278 g/mol. The molecule has 1 fully saturated rings. The maximum atomic E-state index is 12.0. The number of nitrogens with two attached hydrogens (primary N) is 1. The van der Waals surface area contributed by atoms with Crippen LogP contribution in [0.1, 0.15) is 39.0 Å². The molecule has 0 spiro atoms. The average Bonchev–Trinajstić information content (AvgIpc) is 2.42. The van der Waals surface area contributed by atoms with Crippen LogP contribution in [0.5, 0.6) is 0 Å². The Morgan fingerprint density at radius 1 is 1.41 bits per heavy atom. The van der Waals surface area contributed by atoms with Crippen LogP contribution in [0.25, 0.3) is 0 Å². The van der Waals surface area contributed by atoms with Gasteiger partial charge in [-0.3, -0.25) is 0 Å². The predicted octanol–water partition coefficient (Wildman–Crippen LogP) is 1.50. The van der Waals surface area contributed by atoms with Crippen molar-refractivity contribution in [2.45, 2.75) is 39.0 Å². The van der Waals surface area contributed by atoms with Gasteiger partial charge in [0.2, 0.25) is 10.0 Å². The van der Waals surface area contributed by atoms with Crippen LogP contribution in [-0.4, -0.2) is 36.6 Å². The molecule has 1 heterocycles. The molecule has 100 valence electrons. The van der Waals surface area contributed by atoms with Gasteiger partial charge in [-0.15, -0.1) is 0 Å². The summed E-state index contributed by atoms with van der Waals surface area (Å²) in [6.45, 7) is 3.41. The minimum Gasteiger partial charge on any atom is -0.392 e. The molecule has 1 aliphatic heterocycles. The first-order valence-electron chi connectivity index (χ1n) is 6.22. The molecule has 1 unspecified atom stereocenters. The van der Waals surface area contributed by atoms with Crippen molar-refractivity contribution in [3.8, 4) is 0 Å². The van der Waals surface area contributed by atoms with E-state index in [9.17, 15) is 8.42 Å². The van der Waals surface area contributed by atoms with Crippen LogP contribution >= 0.6 is 12.2 Å². The van der Waals surface area contributed by atoms with E-state index in [0.717, 1.165) is 19.3 Å². The Balaban J connectivity index is 2.59. The summed E-state index contributed by atoms with van der Waals surface area (Å²) in [5.41, 5.74) is 5.32. The van der Waals surface area contributed by atoms with Gasteiger partial charge in [0.05, 0.1) is 4.99 Å². The van der Waals surface area contributed by atoms with Crippen molar-refractivity contribution in [3.63, 3.8) is 0 Å². The van der Waals surface area contributed by atoms with Crippen LogP contribution in [0.15, 0.2) is 0 Å². The summed E-state index contributed by atoms with van der Waals surface area (Å²) in [5.74, 6) is 0.478. The fourth-order valence-corrected chi connectivity index (χ4v) is 4.16. The fourth-order valence-electron chi connectivity index (χ4n) is 2.39. The van der Waals surface area contributed by atoms with E-state index in [1.165, 1.54) is 12.8 Å². The molecule has 0 aromatic rings. The second-order valence-corrected chi connectivity index (χ2v) is 7.20. The fraction of sp³-hybridized carbons (Fsp3) is 0.909. The summed E-state index contributed by atoms with van der Waals surface area (Å²) in [6.07, 6.45) is 5.41. The SMILES string of the molecule is CCCC1CCCN(S(=O)(=O)CC(N)=S)CC1. The first-order valence-corrected chi connectivity index (χ1v) is 8.23. The van der Waals surface area contributed by atoms with Gasteiger partial charge >= 0.3 is 0 Å². The lowest BCUT2D eigenvalue weighted by Gasteiger charge is -2.19. The van der Waals surface area contributed by atoms with Crippen molar-refractivity contribution in [3.05, 3.63) is 0 Å². The van der Waals surface area contributed by atoms with Crippen LogP contribution in [0.4, 0.5) is 0 Å². The maximum absolute atomic E-state index is 12.0. The van der Waals surface area contributed by atoms with Crippen molar-refractivity contribution in [2.75, 3.05) is 18.8 Å². The van der Waals surface area contributed by atoms with Gasteiger partial charge < -0.3 is 5.73 Å². The second-order valence-electron chi connectivity index (χ2n) is 4.71. The molecule has 1 rings (SSSR count). The lowest BCUT2D eigenvalue weighted by atomic mass is 9.96. The molecule has 1 saturated heterocycles. The van der Waals surface area contributed by atoms with Gasteiger partial charge in [-0.05, 0) is 25.2 Å². The number of sulfonamides is 1. The molecule has 0 saturated carbocycles. The molecule has 17 heavy (non-hydrogen) atoms. The lowest BCUT2D eigenvalue weighted by molar-refractivity contribution is 0.401. The summed E-state index contributed by atoms with van der Waals surface area (Å²) in [4.78, 5) is 0.0550. The van der Waals surface area contributed by atoms with Gasteiger partial charge in [-0.1, -0.05) is 32.0 Å². The minimum absolute atomic E-state index is 0.0550. The van der Waals surface area contributed by atoms with Gasteiger partial charge in [0.1, 0.15) is 5.75 Å². The molecule has 0 radical (unpaired) electrons. The molecule has 4 nitrogen and oxygen atoms in total. The third-order valence-electron chi connectivity index (χ3n) is 3.22. The van der Waals surface area contributed by atoms with E-state index in [0.29, 0.717) is 19.0 Å². The Kier molecular flexibility index (Phi) is 5.82. The molecule has 0 bridgehead atoms. The van der Waals surface area contributed by atoms with Gasteiger partial charge in [-0.2, -0.15) is 0 Å². The second kappa shape index (κ2) is 6.66. The van der Waals surface area contributed by atoms with Gasteiger partial charge in [0.15, 0.2) is 0 Å². The summed E-state index contributed by atoms with van der Waals surface area (Å²) < 4.78 is 25.5. The topological polar surface area (TPSA) is 63.4 Å². The highest BCUT2D eigenvalue weighted by molar-refractivity contribution is 7.92. The highest BCUT2D eigenvalue weighted by Gasteiger charge is 2.26. The van der Waals surface area contributed by atoms with E-state index in [1.807, 2.05) is 0 Å². The van der Waals surface area contributed by atoms with E-state index < -0.39 is 10.0 Å². The Hall–Kier alpha value is -0.200. The number of hydrogen-bond donors (Lipinski definition) is 1. The molecule has 0 aromatic heterocycles. The number of nitrogens with zero attached hydrogens (tertiary/aromatic N) is 1. The van der Waals surface area contributed by atoms with E-state index in [-0.39, 0.29) is 10.7 Å². The number of hydrogen-bond acceptors (Lipinski definition) is 3. The van der Waals surface area contributed by atoms with Gasteiger partial charge in [0, 0.05) is 13.1 Å². The maximum Gasteiger partial charge on any atom is 0.220 e. The Bertz CT molecular complexity index is 354. The Labute approximate surface area is 110 Å². The van der Waals surface area contributed by atoms with Crippen molar-refractivity contribution in [2.24, 2.45) is 11.7 Å². The molecule has 1 atom stereocenters. The van der Waals surface area contributed by atoms with E-state index in [1.54, 1.807) is 4.31 Å². The van der Waals surface area contributed by atoms with Crippen LogP contribution in [-0.2, 0) is 10.0 Å². The van der Waals surface area contributed by atoms with E-state index in [4.69, 9.17) is 5.73 Å². The highest BCUT2D eigenvalue weighted by Crippen LogP contribution is 2.23. The van der Waals surface area contributed by atoms with Crippen LogP contribution in [0.2, 0.25) is 0 Å². The third kappa shape index (κ3) is 4.89. The largest absolute Gasteiger partial charge is 0.392 e. The molecule has 0 amide bonds. The number of rotatable bonds is 5. The first-order chi connectivity index (χ1) is 7.95. The first kappa shape index (κ1) is 14.9. The van der Waals surface area contributed by atoms with E-state index in [2.05, 4.69) is 19.1 Å². The summed E-state index contributed by atoms with van der Waals surface area (Å²) in [6, 6.07) is 0. The molecule has 6 heteroatoms. The van der Waals surface area contributed by atoms with Gasteiger partial charge in [-0.25, -0.2) is 12.7 Å². The summed E-state index contributed by atoms with van der Waals surface area (Å²) in [7, 11) is -3.28. The quantitative estimate of drug-likeness (QED) is 0.774. The predicted molar refractivity (Wildman–Crippen MR) is 74.4 cm³/mol. The van der Waals surface area contributed by atoms with E-state index >= 15 is 0 Å². The highest BCUT2D eigenvalue weighted by atomic mass is 32.2. The molecule has 0 aromatic carbocycles. The molecule has 0 aliphatic carbocycles. The smallest absolute Gasteiger partial charge is 0.220 e. The molecular weight excluding hydrogens is 256 g/mol. The van der Waals surface area contributed by atoms with Crippen molar-refractivity contribution < 1.29 is 8.42 Å². The van der Waals surface area contributed by atoms with Crippen LogP contribution in [0.3, 0.4) is 0 Å². The molecule has 1 aliphatic rings. The van der Waals surface area contributed by atoms with Crippen LogP contribution in [0, 0.1) is 5.92 Å².